The fourth-order valence-electron chi connectivity index (χ4n) is 3.29. The summed E-state index contributed by atoms with van der Waals surface area (Å²) in [7, 11) is 1.73. The molecule has 2 aliphatic rings. The molecule has 1 atom stereocenters. The Morgan fingerprint density at radius 1 is 1.25 bits per heavy atom. The van der Waals surface area contributed by atoms with E-state index >= 15 is 0 Å². The number of likely N-dealkylation sites (N-methyl/N-ethyl adjacent to an activating group) is 1. The summed E-state index contributed by atoms with van der Waals surface area (Å²) < 4.78 is 13.8. The molecule has 0 aliphatic carbocycles. The first-order valence-corrected chi connectivity index (χ1v) is 8.38. The lowest BCUT2D eigenvalue weighted by atomic mass is 10.1. The number of likely N-dealkylation sites (tertiary alicyclic amines) is 1. The highest BCUT2D eigenvalue weighted by atomic mass is 19.1. The Morgan fingerprint density at radius 3 is 2.71 bits per heavy atom. The average molecular weight is 334 g/mol. The van der Waals surface area contributed by atoms with E-state index in [2.05, 4.69) is 15.5 Å². The number of rotatable bonds is 3. The minimum atomic E-state index is -0.374. The predicted octanol–water partition coefficient (Wildman–Crippen LogP) is 2.17. The van der Waals surface area contributed by atoms with Crippen LogP contribution in [0.1, 0.15) is 25.7 Å². The number of urea groups is 1. The molecular weight excluding hydrogens is 311 g/mol. The summed E-state index contributed by atoms with van der Waals surface area (Å²) in [6, 6.07) is 4.15. The monoisotopic (exact) mass is 334 g/mol. The van der Waals surface area contributed by atoms with Gasteiger partial charge in [-0.3, -0.25) is 4.79 Å². The van der Waals surface area contributed by atoms with Gasteiger partial charge in [0.05, 0.1) is 0 Å². The Morgan fingerprint density at radius 2 is 2.00 bits per heavy atom. The molecule has 2 fully saturated rings. The fourth-order valence-corrected chi connectivity index (χ4v) is 3.29. The smallest absolute Gasteiger partial charge is 0.319 e. The molecule has 130 valence electrons. The van der Waals surface area contributed by atoms with E-state index in [1.165, 1.54) is 12.1 Å². The van der Waals surface area contributed by atoms with Gasteiger partial charge < -0.3 is 20.4 Å². The van der Waals surface area contributed by atoms with Gasteiger partial charge in [0.2, 0.25) is 5.91 Å². The molecule has 2 saturated heterocycles. The highest BCUT2D eigenvalue weighted by Crippen LogP contribution is 2.25. The van der Waals surface area contributed by atoms with E-state index in [-0.39, 0.29) is 23.8 Å². The largest absolute Gasteiger partial charge is 0.371 e. The van der Waals surface area contributed by atoms with Crippen LogP contribution in [0.3, 0.4) is 0 Å². The maximum Gasteiger partial charge on any atom is 0.319 e. The summed E-state index contributed by atoms with van der Waals surface area (Å²) in [5.74, 6) is -0.272. The number of amides is 3. The van der Waals surface area contributed by atoms with Crippen LogP contribution in [0.15, 0.2) is 18.2 Å². The second kappa shape index (κ2) is 7.07. The average Bonchev–Trinajstić information content (AvgIpc) is 3.04. The van der Waals surface area contributed by atoms with Crippen LogP contribution in [-0.2, 0) is 4.79 Å². The molecule has 7 heteroatoms. The van der Waals surface area contributed by atoms with Crippen molar-refractivity contribution in [3.8, 4) is 0 Å². The topological polar surface area (TPSA) is 64.7 Å². The number of hydrogen-bond acceptors (Lipinski definition) is 3. The molecule has 0 radical (unpaired) electrons. The summed E-state index contributed by atoms with van der Waals surface area (Å²) in [5.41, 5.74) is 1.24. The Balaban J connectivity index is 1.60. The molecule has 2 N–H and O–H groups in total. The van der Waals surface area contributed by atoms with Crippen molar-refractivity contribution < 1.29 is 14.0 Å². The van der Waals surface area contributed by atoms with Gasteiger partial charge in [-0.2, -0.15) is 0 Å². The Kier molecular flexibility index (Phi) is 4.87. The third-order valence-electron chi connectivity index (χ3n) is 4.57. The van der Waals surface area contributed by atoms with Crippen molar-refractivity contribution in [2.75, 3.05) is 36.9 Å². The van der Waals surface area contributed by atoms with Crippen LogP contribution in [0.4, 0.5) is 20.6 Å². The van der Waals surface area contributed by atoms with E-state index in [1.807, 2.05) is 0 Å². The van der Waals surface area contributed by atoms with Crippen molar-refractivity contribution in [3.05, 3.63) is 24.0 Å². The van der Waals surface area contributed by atoms with Gasteiger partial charge in [-0.1, -0.05) is 0 Å². The molecule has 1 aromatic carbocycles. The minimum Gasteiger partial charge on any atom is -0.371 e. The van der Waals surface area contributed by atoms with Gasteiger partial charge in [0.1, 0.15) is 5.82 Å². The lowest BCUT2D eigenvalue weighted by Crippen LogP contribution is -2.49. The van der Waals surface area contributed by atoms with Gasteiger partial charge in [-0.25, -0.2) is 9.18 Å². The zero-order valence-electron chi connectivity index (χ0n) is 13.8. The lowest BCUT2D eigenvalue weighted by molar-refractivity contribution is -0.132. The summed E-state index contributed by atoms with van der Waals surface area (Å²) in [6.45, 7) is 2.32. The van der Waals surface area contributed by atoms with Crippen LogP contribution in [0.2, 0.25) is 0 Å². The van der Waals surface area contributed by atoms with Crippen LogP contribution in [0.5, 0.6) is 0 Å². The molecule has 1 aromatic rings. The molecule has 0 unspecified atom stereocenters. The number of nitrogens with zero attached hydrogens (tertiary/aromatic N) is 2. The predicted molar refractivity (Wildman–Crippen MR) is 90.7 cm³/mol. The van der Waals surface area contributed by atoms with Gasteiger partial charge in [0, 0.05) is 50.5 Å². The zero-order chi connectivity index (χ0) is 17.1. The summed E-state index contributed by atoms with van der Waals surface area (Å²) >= 11 is 0. The molecule has 3 amide bonds. The Hall–Kier alpha value is -2.31. The van der Waals surface area contributed by atoms with Crippen LogP contribution >= 0.6 is 0 Å². The fraction of sp³-hybridized carbons (Fsp3) is 0.529. The van der Waals surface area contributed by atoms with Crippen LogP contribution in [0.25, 0.3) is 0 Å². The van der Waals surface area contributed by atoms with Gasteiger partial charge in [0.15, 0.2) is 0 Å². The molecule has 0 spiro atoms. The first-order chi connectivity index (χ1) is 11.5. The van der Waals surface area contributed by atoms with Crippen molar-refractivity contribution in [2.45, 2.75) is 31.7 Å². The van der Waals surface area contributed by atoms with Gasteiger partial charge in [0.25, 0.3) is 0 Å². The quantitative estimate of drug-likeness (QED) is 0.890. The van der Waals surface area contributed by atoms with E-state index in [0.717, 1.165) is 31.6 Å². The molecule has 0 bridgehead atoms. The number of carbonyl (C=O) groups excluding carboxylic acids is 2. The van der Waals surface area contributed by atoms with Crippen LogP contribution in [-0.4, -0.2) is 49.6 Å². The molecule has 2 aliphatic heterocycles. The number of piperidine rings is 1. The SMILES string of the molecule is CN1C[C@@H](NC(=O)Nc2cc(F)cc(N3CCCC3)c2)CCC1=O. The number of benzene rings is 1. The van der Waals surface area contributed by atoms with Gasteiger partial charge in [-0.05, 0) is 37.5 Å². The lowest BCUT2D eigenvalue weighted by Gasteiger charge is -2.30. The minimum absolute atomic E-state index is 0.0840. The molecular formula is C17H23FN4O2. The number of carbonyl (C=O) groups is 2. The van der Waals surface area contributed by atoms with E-state index in [9.17, 15) is 14.0 Å². The second-order valence-electron chi connectivity index (χ2n) is 6.50. The normalized spacial score (nSPS) is 21.1. The van der Waals surface area contributed by atoms with Crippen molar-refractivity contribution in [1.82, 2.24) is 10.2 Å². The van der Waals surface area contributed by atoms with Crippen molar-refractivity contribution in [3.63, 3.8) is 0 Å². The number of halogens is 1. The summed E-state index contributed by atoms with van der Waals surface area (Å²) in [5, 5.41) is 5.55. The Labute approximate surface area is 141 Å². The van der Waals surface area contributed by atoms with Crippen LogP contribution < -0.4 is 15.5 Å². The van der Waals surface area contributed by atoms with Crippen molar-refractivity contribution >= 4 is 23.3 Å². The second-order valence-corrected chi connectivity index (χ2v) is 6.50. The molecule has 3 rings (SSSR count). The highest BCUT2D eigenvalue weighted by Gasteiger charge is 2.24. The number of hydrogen-bond donors (Lipinski definition) is 2. The third kappa shape index (κ3) is 3.96. The maximum atomic E-state index is 13.8. The standard InChI is InChI=1S/C17H23FN4O2/c1-21-11-13(4-5-16(21)23)19-17(24)20-14-8-12(18)9-15(10-14)22-6-2-3-7-22/h8-10,13H,2-7,11H2,1H3,(H2,19,20,24)/t13-/m0/s1. The highest BCUT2D eigenvalue weighted by molar-refractivity contribution is 5.90. The molecule has 0 saturated carbocycles. The zero-order valence-corrected chi connectivity index (χ0v) is 13.8. The molecule has 2 heterocycles. The Bertz CT molecular complexity index is 631. The van der Waals surface area contributed by atoms with Gasteiger partial charge >= 0.3 is 6.03 Å². The number of anilines is 2. The first kappa shape index (κ1) is 16.5. The summed E-state index contributed by atoms with van der Waals surface area (Å²) in [4.78, 5) is 27.4. The van der Waals surface area contributed by atoms with E-state index in [4.69, 9.17) is 0 Å². The molecule has 6 nitrogen and oxygen atoms in total. The van der Waals surface area contributed by atoms with E-state index in [0.29, 0.717) is 25.1 Å². The van der Waals surface area contributed by atoms with Crippen molar-refractivity contribution in [2.24, 2.45) is 0 Å². The van der Waals surface area contributed by atoms with Crippen LogP contribution in [0, 0.1) is 5.82 Å². The van der Waals surface area contributed by atoms with E-state index < -0.39 is 0 Å². The summed E-state index contributed by atoms with van der Waals surface area (Å²) in [6.07, 6.45) is 3.26. The number of nitrogens with one attached hydrogen (secondary N) is 2. The van der Waals surface area contributed by atoms with Crippen molar-refractivity contribution in [1.29, 1.82) is 0 Å². The van der Waals surface area contributed by atoms with E-state index in [1.54, 1.807) is 18.0 Å². The maximum absolute atomic E-state index is 13.8. The van der Waals surface area contributed by atoms with Gasteiger partial charge in [-0.15, -0.1) is 0 Å². The third-order valence-corrected chi connectivity index (χ3v) is 4.57. The molecule has 0 aromatic heterocycles. The first-order valence-electron chi connectivity index (χ1n) is 8.38. The molecule has 24 heavy (non-hydrogen) atoms.